The smallest absolute Gasteiger partial charge is 0.165 e. The molecule has 0 aliphatic carbocycles. The maximum atomic E-state index is 13.6. The molecule has 5 heteroatoms. The van der Waals surface area contributed by atoms with E-state index in [1.54, 1.807) is 12.1 Å². The molecule has 0 amide bonds. The molecule has 0 saturated carbocycles. The van der Waals surface area contributed by atoms with Gasteiger partial charge in [-0.3, -0.25) is 0 Å². The highest BCUT2D eigenvalue weighted by Gasteiger charge is 2.07. The summed E-state index contributed by atoms with van der Waals surface area (Å²) in [5, 5.41) is 0.305. The first-order valence-electron chi connectivity index (χ1n) is 5.65. The van der Waals surface area contributed by atoms with Gasteiger partial charge in [0.25, 0.3) is 0 Å². The third kappa shape index (κ3) is 3.43. The summed E-state index contributed by atoms with van der Waals surface area (Å²) < 4.78 is 32.4. The molecule has 0 radical (unpaired) electrons. The Kier molecular flexibility index (Phi) is 4.35. The van der Waals surface area contributed by atoms with Crippen LogP contribution in [-0.4, -0.2) is 0 Å². The lowest BCUT2D eigenvalue weighted by Gasteiger charge is -2.09. The topological polar surface area (TPSA) is 35.2 Å². The van der Waals surface area contributed by atoms with E-state index < -0.39 is 11.6 Å². The fourth-order valence-corrected chi connectivity index (χ4v) is 1.74. The minimum atomic E-state index is -0.516. The molecular formula is C14H12ClF2NO. The van der Waals surface area contributed by atoms with E-state index in [-0.39, 0.29) is 18.9 Å². The zero-order valence-corrected chi connectivity index (χ0v) is 10.8. The van der Waals surface area contributed by atoms with Crippen LogP contribution in [0.2, 0.25) is 5.02 Å². The highest BCUT2D eigenvalue weighted by Crippen LogP contribution is 2.21. The molecule has 2 N–H and O–H groups in total. The average Bonchev–Trinajstić information content (AvgIpc) is 2.39. The van der Waals surface area contributed by atoms with Crippen molar-refractivity contribution < 1.29 is 13.5 Å². The number of rotatable bonds is 4. The van der Waals surface area contributed by atoms with Gasteiger partial charge in [-0.25, -0.2) is 8.78 Å². The molecule has 0 fully saturated rings. The van der Waals surface area contributed by atoms with E-state index >= 15 is 0 Å². The van der Waals surface area contributed by atoms with Crippen LogP contribution in [-0.2, 0) is 13.2 Å². The average molecular weight is 284 g/mol. The summed E-state index contributed by atoms with van der Waals surface area (Å²) in [5.74, 6) is -0.935. The minimum Gasteiger partial charge on any atom is -0.486 e. The summed E-state index contributed by atoms with van der Waals surface area (Å²) in [7, 11) is 0. The molecule has 0 heterocycles. The van der Waals surface area contributed by atoms with Crippen molar-refractivity contribution in [2.75, 3.05) is 0 Å². The van der Waals surface area contributed by atoms with Crippen LogP contribution in [0.25, 0.3) is 0 Å². The predicted molar refractivity (Wildman–Crippen MR) is 70.0 cm³/mol. The molecule has 2 rings (SSSR count). The van der Waals surface area contributed by atoms with Gasteiger partial charge in [0, 0.05) is 17.1 Å². The summed E-state index contributed by atoms with van der Waals surface area (Å²) in [6.45, 7) is 0.185. The van der Waals surface area contributed by atoms with Crippen molar-refractivity contribution in [3.8, 4) is 5.75 Å². The Balaban J connectivity index is 2.10. The molecule has 2 aromatic carbocycles. The quantitative estimate of drug-likeness (QED) is 0.929. The first-order valence-corrected chi connectivity index (χ1v) is 6.03. The molecule has 0 atom stereocenters. The fraction of sp³-hybridized carbons (Fsp3) is 0.143. The standard InChI is InChI=1S/C14H12ClF2NO/c15-11-3-2-10(12(16)6-11)8-19-14-4-1-9(7-18)5-13(14)17/h1-6H,7-8,18H2. The molecule has 0 aliphatic heterocycles. The minimum absolute atomic E-state index is 0.0616. The van der Waals surface area contributed by atoms with Gasteiger partial charge in [0.1, 0.15) is 12.4 Å². The predicted octanol–water partition coefficient (Wildman–Crippen LogP) is 3.66. The van der Waals surface area contributed by atoms with Crippen LogP contribution in [0.5, 0.6) is 5.75 Å². The maximum Gasteiger partial charge on any atom is 0.165 e. The third-order valence-corrected chi connectivity index (χ3v) is 2.87. The summed E-state index contributed by atoms with van der Waals surface area (Å²) >= 11 is 5.64. The molecule has 0 aliphatic rings. The number of hydrogen-bond acceptors (Lipinski definition) is 2. The van der Waals surface area contributed by atoms with E-state index in [1.165, 1.54) is 24.3 Å². The number of benzene rings is 2. The molecule has 2 aromatic rings. The van der Waals surface area contributed by atoms with Crippen molar-refractivity contribution >= 4 is 11.6 Å². The summed E-state index contributed by atoms with van der Waals surface area (Å²) in [5.41, 5.74) is 6.38. The SMILES string of the molecule is NCc1ccc(OCc2ccc(Cl)cc2F)c(F)c1. The molecule has 0 spiro atoms. The van der Waals surface area contributed by atoms with Gasteiger partial charge in [0.05, 0.1) is 0 Å². The Morgan fingerprint density at radius 1 is 1.05 bits per heavy atom. The van der Waals surface area contributed by atoms with Crippen molar-refractivity contribution in [3.05, 3.63) is 64.2 Å². The third-order valence-electron chi connectivity index (χ3n) is 2.63. The second-order valence-corrected chi connectivity index (χ2v) is 4.43. The van der Waals surface area contributed by atoms with Crippen molar-refractivity contribution in [2.45, 2.75) is 13.2 Å². The molecular weight excluding hydrogens is 272 g/mol. The lowest BCUT2D eigenvalue weighted by Crippen LogP contribution is -2.02. The monoisotopic (exact) mass is 283 g/mol. The molecule has 0 unspecified atom stereocenters. The summed E-state index contributed by atoms with van der Waals surface area (Å²) in [4.78, 5) is 0. The van der Waals surface area contributed by atoms with Crippen molar-refractivity contribution in [1.82, 2.24) is 0 Å². The summed E-state index contributed by atoms with van der Waals surface area (Å²) in [6.07, 6.45) is 0. The van der Waals surface area contributed by atoms with Gasteiger partial charge in [0.15, 0.2) is 11.6 Å². The van der Waals surface area contributed by atoms with E-state index in [0.29, 0.717) is 16.1 Å². The van der Waals surface area contributed by atoms with Crippen LogP contribution < -0.4 is 10.5 Å². The van der Waals surface area contributed by atoms with Gasteiger partial charge in [-0.1, -0.05) is 23.7 Å². The number of hydrogen-bond donors (Lipinski definition) is 1. The van der Waals surface area contributed by atoms with Crippen LogP contribution in [0.15, 0.2) is 36.4 Å². The van der Waals surface area contributed by atoms with Gasteiger partial charge in [-0.15, -0.1) is 0 Å². The lowest BCUT2D eigenvalue weighted by molar-refractivity contribution is 0.284. The Morgan fingerprint density at radius 3 is 2.47 bits per heavy atom. The van der Waals surface area contributed by atoms with Gasteiger partial charge in [0.2, 0.25) is 0 Å². The van der Waals surface area contributed by atoms with Crippen LogP contribution in [0.3, 0.4) is 0 Å². The Labute approximate surface area is 114 Å². The van der Waals surface area contributed by atoms with Crippen LogP contribution in [0, 0.1) is 11.6 Å². The second kappa shape index (κ2) is 5.99. The fourth-order valence-electron chi connectivity index (χ4n) is 1.58. The Bertz CT molecular complexity index is 590. The molecule has 0 bridgehead atoms. The first-order chi connectivity index (χ1) is 9.10. The first kappa shape index (κ1) is 13.8. The van der Waals surface area contributed by atoms with Crippen LogP contribution in [0.1, 0.15) is 11.1 Å². The highest BCUT2D eigenvalue weighted by molar-refractivity contribution is 6.30. The van der Waals surface area contributed by atoms with Crippen LogP contribution >= 0.6 is 11.6 Å². The normalized spacial score (nSPS) is 10.5. The summed E-state index contributed by atoms with van der Waals surface area (Å²) in [6, 6.07) is 8.69. The lowest BCUT2D eigenvalue weighted by atomic mass is 10.2. The molecule has 0 aromatic heterocycles. The van der Waals surface area contributed by atoms with Crippen molar-refractivity contribution in [3.63, 3.8) is 0 Å². The Hall–Kier alpha value is -1.65. The zero-order chi connectivity index (χ0) is 13.8. The van der Waals surface area contributed by atoms with Gasteiger partial charge in [-0.2, -0.15) is 0 Å². The number of nitrogens with two attached hydrogens (primary N) is 1. The number of halogens is 3. The maximum absolute atomic E-state index is 13.6. The van der Waals surface area contributed by atoms with E-state index in [0.717, 1.165) is 0 Å². The zero-order valence-electron chi connectivity index (χ0n) is 10.00. The van der Waals surface area contributed by atoms with E-state index in [9.17, 15) is 8.78 Å². The molecule has 0 saturated heterocycles. The second-order valence-electron chi connectivity index (χ2n) is 3.99. The van der Waals surface area contributed by atoms with Crippen molar-refractivity contribution in [2.24, 2.45) is 5.73 Å². The van der Waals surface area contributed by atoms with Crippen LogP contribution in [0.4, 0.5) is 8.78 Å². The molecule has 100 valence electrons. The largest absolute Gasteiger partial charge is 0.486 e. The molecule has 2 nitrogen and oxygen atoms in total. The Morgan fingerprint density at radius 2 is 1.84 bits per heavy atom. The molecule has 19 heavy (non-hydrogen) atoms. The number of ether oxygens (including phenoxy) is 1. The van der Waals surface area contributed by atoms with Gasteiger partial charge < -0.3 is 10.5 Å². The van der Waals surface area contributed by atoms with Gasteiger partial charge in [-0.05, 0) is 29.8 Å². The van der Waals surface area contributed by atoms with Gasteiger partial charge >= 0.3 is 0 Å². The van der Waals surface area contributed by atoms with Crippen molar-refractivity contribution in [1.29, 1.82) is 0 Å². The van der Waals surface area contributed by atoms with E-state index in [2.05, 4.69) is 0 Å². The highest BCUT2D eigenvalue weighted by atomic mass is 35.5. The van der Waals surface area contributed by atoms with E-state index in [4.69, 9.17) is 22.1 Å². The van der Waals surface area contributed by atoms with E-state index in [1.807, 2.05) is 0 Å².